The molecular formula is C9H8ClF2NO2. The molecule has 0 heterocycles. The molecule has 0 spiro atoms. The molecule has 1 atom stereocenters. The minimum Gasteiger partial charge on any atom is -0.480 e. The van der Waals surface area contributed by atoms with E-state index in [0.717, 1.165) is 0 Å². The number of rotatable bonds is 3. The SMILES string of the molecule is NC(C(=O)O)c1cccc(Cl)c1C(F)F. The quantitative estimate of drug-likeness (QED) is 0.845. The van der Waals surface area contributed by atoms with Gasteiger partial charge in [-0.25, -0.2) is 8.78 Å². The number of hydrogen-bond donors (Lipinski definition) is 2. The van der Waals surface area contributed by atoms with Crippen molar-refractivity contribution in [2.75, 3.05) is 0 Å². The van der Waals surface area contributed by atoms with Gasteiger partial charge < -0.3 is 10.8 Å². The Hall–Kier alpha value is -1.20. The lowest BCUT2D eigenvalue weighted by atomic mass is 10.0. The molecule has 0 fully saturated rings. The van der Waals surface area contributed by atoms with Gasteiger partial charge in [0.2, 0.25) is 0 Å². The van der Waals surface area contributed by atoms with Crippen LogP contribution < -0.4 is 5.73 Å². The predicted molar refractivity (Wildman–Crippen MR) is 51.0 cm³/mol. The molecule has 3 N–H and O–H groups in total. The highest BCUT2D eigenvalue weighted by Gasteiger charge is 2.24. The molecule has 3 nitrogen and oxygen atoms in total. The molecule has 1 aromatic rings. The maximum atomic E-state index is 12.6. The largest absolute Gasteiger partial charge is 0.480 e. The summed E-state index contributed by atoms with van der Waals surface area (Å²) in [6.07, 6.45) is -2.85. The van der Waals surface area contributed by atoms with Crippen LogP contribution in [0.15, 0.2) is 18.2 Å². The first-order valence-corrected chi connectivity index (χ1v) is 4.37. The van der Waals surface area contributed by atoms with Gasteiger partial charge in [-0.1, -0.05) is 23.7 Å². The molecule has 0 aliphatic heterocycles. The topological polar surface area (TPSA) is 63.3 Å². The second kappa shape index (κ2) is 4.55. The molecule has 0 aliphatic rings. The van der Waals surface area contributed by atoms with E-state index in [9.17, 15) is 13.6 Å². The highest BCUT2D eigenvalue weighted by Crippen LogP contribution is 2.32. The van der Waals surface area contributed by atoms with Crippen LogP contribution in [0.2, 0.25) is 5.02 Å². The highest BCUT2D eigenvalue weighted by atomic mass is 35.5. The van der Waals surface area contributed by atoms with E-state index in [2.05, 4.69) is 0 Å². The fraction of sp³-hybridized carbons (Fsp3) is 0.222. The number of carboxylic acid groups (broad SMARTS) is 1. The number of hydrogen-bond acceptors (Lipinski definition) is 2. The lowest BCUT2D eigenvalue weighted by molar-refractivity contribution is -0.138. The van der Waals surface area contributed by atoms with Crippen LogP contribution in [-0.4, -0.2) is 11.1 Å². The third-order valence-corrected chi connectivity index (χ3v) is 2.24. The van der Waals surface area contributed by atoms with Gasteiger partial charge in [0.15, 0.2) is 0 Å². The maximum absolute atomic E-state index is 12.6. The number of carboxylic acids is 1. The zero-order valence-corrected chi connectivity index (χ0v) is 8.21. The van der Waals surface area contributed by atoms with E-state index in [1.54, 1.807) is 0 Å². The number of halogens is 3. The minimum atomic E-state index is -2.85. The van der Waals surface area contributed by atoms with E-state index < -0.39 is 24.0 Å². The monoisotopic (exact) mass is 235 g/mol. The fourth-order valence-corrected chi connectivity index (χ4v) is 1.45. The lowest BCUT2D eigenvalue weighted by Crippen LogP contribution is -2.22. The zero-order valence-electron chi connectivity index (χ0n) is 7.45. The molecule has 0 amide bonds. The first-order valence-electron chi connectivity index (χ1n) is 4.00. The van der Waals surface area contributed by atoms with Gasteiger partial charge in [-0.05, 0) is 11.6 Å². The van der Waals surface area contributed by atoms with Crippen LogP contribution >= 0.6 is 11.6 Å². The van der Waals surface area contributed by atoms with Gasteiger partial charge in [0.25, 0.3) is 6.43 Å². The van der Waals surface area contributed by atoms with Gasteiger partial charge >= 0.3 is 5.97 Å². The number of nitrogens with two attached hydrogens (primary N) is 1. The van der Waals surface area contributed by atoms with Crippen molar-refractivity contribution in [2.45, 2.75) is 12.5 Å². The summed E-state index contributed by atoms with van der Waals surface area (Å²) in [4.78, 5) is 10.6. The summed E-state index contributed by atoms with van der Waals surface area (Å²) in [5, 5.41) is 8.44. The molecule has 1 unspecified atom stereocenters. The summed E-state index contributed by atoms with van der Waals surface area (Å²) in [6, 6.07) is 2.38. The van der Waals surface area contributed by atoms with E-state index in [-0.39, 0.29) is 10.6 Å². The molecule has 0 aliphatic carbocycles. The Morgan fingerprint density at radius 1 is 1.47 bits per heavy atom. The second-order valence-corrected chi connectivity index (χ2v) is 3.27. The van der Waals surface area contributed by atoms with Crippen LogP contribution in [0.4, 0.5) is 8.78 Å². The lowest BCUT2D eigenvalue weighted by Gasteiger charge is -2.13. The molecule has 0 saturated heterocycles. The van der Waals surface area contributed by atoms with Crippen LogP contribution in [0.25, 0.3) is 0 Å². The molecule has 0 bridgehead atoms. The summed E-state index contributed by atoms with van der Waals surface area (Å²) in [6.45, 7) is 0. The van der Waals surface area contributed by atoms with Gasteiger partial charge in [0.05, 0.1) is 0 Å². The third-order valence-electron chi connectivity index (χ3n) is 1.91. The van der Waals surface area contributed by atoms with Crippen molar-refractivity contribution in [3.05, 3.63) is 34.3 Å². The average molecular weight is 236 g/mol. The Morgan fingerprint density at radius 3 is 2.53 bits per heavy atom. The molecule has 82 valence electrons. The number of aliphatic carboxylic acids is 1. The van der Waals surface area contributed by atoms with E-state index >= 15 is 0 Å². The van der Waals surface area contributed by atoms with Gasteiger partial charge in [0.1, 0.15) is 6.04 Å². The molecule has 15 heavy (non-hydrogen) atoms. The molecular weight excluding hydrogens is 228 g/mol. The Balaban J connectivity index is 3.28. The van der Waals surface area contributed by atoms with Crippen molar-refractivity contribution < 1.29 is 18.7 Å². The van der Waals surface area contributed by atoms with Gasteiger partial charge in [0, 0.05) is 10.6 Å². The van der Waals surface area contributed by atoms with Gasteiger partial charge in [-0.15, -0.1) is 0 Å². The third kappa shape index (κ3) is 2.43. The normalized spacial score (nSPS) is 12.9. The molecule has 1 aromatic carbocycles. The summed E-state index contributed by atoms with van der Waals surface area (Å²) in [5.74, 6) is -1.38. The van der Waals surface area contributed by atoms with Crippen molar-refractivity contribution in [3.8, 4) is 0 Å². The van der Waals surface area contributed by atoms with E-state index in [1.807, 2.05) is 0 Å². The van der Waals surface area contributed by atoms with Crippen LogP contribution in [-0.2, 0) is 4.79 Å². The van der Waals surface area contributed by atoms with Crippen molar-refractivity contribution in [3.63, 3.8) is 0 Å². The van der Waals surface area contributed by atoms with Crippen LogP contribution in [0.3, 0.4) is 0 Å². The van der Waals surface area contributed by atoms with Crippen LogP contribution in [0, 0.1) is 0 Å². The fourth-order valence-electron chi connectivity index (χ4n) is 1.19. The van der Waals surface area contributed by atoms with E-state index in [1.165, 1.54) is 18.2 Å². The minimum absolute atomic E-state index is 0.162. The summed E-state index contributed by atoms with van der Waals surface area (Å²) in [7, 11) is 0. The highest BCUT2D eigenvalue weighted by molar-refractivity contribution is 6.31. The smallest absolute Gasteiger partial charge is 0.325 e. The van der Waals surface area contributed by atoms with E-state index in [4.69, 9.17) is 22.4 Å². The van der Waals surface area contributed by atoms with Crippen molar-refractivity contribution in [1.29, 1.82) is 0 Å². The van der Waals surface area contributed by atoms with Crippen molar-refractivity contribution in [2.24, 2.45) is 5.73 Å². The second-order valence-electron chi connectivity index (χ2n) is 2.86. The summed E-state index contributed by atoms with van der Waals surface area (Å²) in [5.41, 5.74) is 4.57. The number of benzene rings is 1. The molecule has 0 aromatic heterocycles. The van der Waals surface area contributed by atoms with Gasteiger partial charge in [-0.3, -0.25) is 4.79 Å². The number of carbonyl (C=O) groups is 1. The maximum Gasteiger partial charge on any atom is 0.325 e. The van der Waals surface area contributed by atoms with Gasteiger partial charge in [-0.2, -0.15) is 0 Å². The zero-order chi connectivity index (χ0) is 11.6. The van der Waals surface area contributed by atoms with Crippen LogP contribution in [0.5, 0.6) is 0 Å². The van der Waals surface area contributed by atoms with E-state index in [0.29, 0.717) is 0 Å². The summed E-state index contributed by atoms with van der Waals surface area (Å²) < 4.78 is 25.2. The Morgan fingerprint density at radius 2 is 2.07 bits per heavy atom. The average Bonchev–Trinajstić information content (AvgIpc) is 2.15. The molecule has 0 saturated carbocycles. The molecule has 0 radical (unpaired) electrons. The summed E-state index contributed by atoms with van der Waals surface area (Å²) >= 11 is 5.54. The first-order chi connectivity index (χ1) is 6.95. The first kappa shape index (κ1) is 11.9. The molecule has 6 heteroatoms. The van der Waals surface area contributed by atoms with Crippen molar-refractivity contribution in [1.82, 2.24) is 0 Å². The Bertz CT molecular complexity index is 384. The Kier molecular flexibility index (Phi) is 3.60. The van der Waals surface area contributed by atoms with Crippen LogP contribution in [0.1, 0.15) is 23.6 Å². The predicted octanol–water partition coefficient (Wildman–Crippen LogP) is 2.36. The Labute approximate surface area is 89.5 Å². The standard InChI is InChI=1S/C9H8ClF2NO2/c10-5-3-1-2-4(6(5)8(11)12)7(13)9(14)15/h1-3,7-8H,13H2,(H,14,15). The molecule has 1 rings (SSSR count). The van der Waals surface area contributed by atoms with Crippen molar-refractivity contribution >= 4 is 17.6 Å². The number of alkyl halides is 2.